The first-order valence-electron chi connectivity index (χ1n) is 7.47. The summed E-state index contributed by atoms with van der Waals surface area (Å²) in [6, 6.07) is 0.982. The van der Waals surface area contributed by atoms with E-state index < -0.39 is 9.84 Å². The van der Waals surface area contributed by atoms with Gasteiger partial charge >= 0.3 is 0 Å². The lowest BCUT2D eigenvalue weighted by Crippen LogP contribution is -2.42. The number of likely N-dealkylation sites (N-methyl/N-ethyl adjacent to an activating group) is 1. The second kappa shape index (κ2) is 7.60. The fourth-order valence-corrected chi connectivity index (χ4v) is 3.87. The molecule has 1 rings (SSSR count). The van der Waals surface area contributed by atoms with Crippen molar-refractivity contribution in [2.75, 3.05) is 26.4 Å². The van der Waals surface area contributed by atoms with Crippen molar-refractivity contribution in [1.29, 1.82) is 0 Å². The molecule has 0 aromatic heterocycles. The van der Waals surface area contributed by atoms with Crippen LogP contribution in [0.4, 0.5) is 0 Å². The lowest BCUT2D eigenvalue weighted by molar-refractivity contribution is 0.243. The van der Waals surface area contributed by atoms with Gasteiger partial charge in [-0.15, -0.1) is 0 Å². The second-order valence-electron chi connectivity index (χ2n) is 6.01. The van der Waals surface area contributed by atoms with Gasteiger partial charge in [-0.2, -0.15) is 0 Å². The molecule has 0 bridgehead atoms. The number of rotatable bonds is 7. The minimum atomic E-state index is -2.87. The molecule has 1 aliphatic carbocycles. The van der Waals surface area contributed by atoms with E-state index in [-0.39, 0.29) is 5.25 Å². The fourth-order valence-electron chi connectivity index (χ4n) is 2.70. The number of hydrogen-bond donors (Lipinski definition) is 1. The van der Waals surface area contributed by atoms with Crippen LogP contribution in [0.1, 0.15) is 46.0 Å². The zero-order chi connectivity index (χ0) is 14.5. The Balaban J connectivity index is 2.30. The number of hydrogen-bond acceptors (Lipinski definition) is 4. The summed E-state index contributed by atoms with van der Waals surface area (Å²) in [4.78, 5) is 2.35. The summed E-state index contributed by atoms with van der Waals surface area (Å²) in [5.41, 5.74) is 0. The summed E-state index contributed by atoms with van der Waals surface area (Å²) in [5.74, 6) is 0. The van der Waals surface area contributed by atoms with Crippen molar-refractivity contribution in [3.63, 3.8) is 0 Å². The van der Waals surface area contributed by atoms with Crippen LogP contribution in [0.25, 0.3) is 0 Å². The highest BCUT2D eigenvalue weighted by Gasteiger charge is 2.28. The average Bonchev–Trinajstić information content (AvgIpc) is 2.37. The van der Waals surface area contributed by atoms with Gasteiger partial charge in [0.25, 0.3) is 0 Å². The van der Waals surface area contributed by atoms with E-state index >= 15 is 0 Å². The van der Waals surface area contributed by atoms with Gasteiger partial charge in [0.2, 0.25) is 0 Å². The van der Waals surface area contributed by atoms with E-state index in [1.54, 1.807) is 0 Å². The van der Waals surface area contributed by atoms with Gasteiger partial charge in [-0.25, -0.2) is 8.42 Å². The maximum Gasteiger partial charge on any atom is 0.150 e. The van der Waals surface area contributed by atoms with Crippen LogP contribution < -0.4 is 5.32 Å². The van der Waals surface area contributed by atoms with Gasteiger partial charge in [0.1, 0.15) is 9.84 Å². The summed E-state index contributed by atoms with van der Waals surface area (Å²) in [7, 11) is -0.719. The Morgan fingerprint density at radius 1 is 1.37 bits per heavy atom. The molecule has 0 aromatic rings. The first-order valence-corrected chi connectivity index (χ1v) is 9.42. The van der Waals surface area contributed by atoms with Gasteiger partial charge in [0, 0.05) is 31.4 Å². The number of sulfone groups is 1. The molecule has 5 heteroatoms. The Hall–Kier alpha value is -0.130. The molecule has 1 saturated carbocycles. The molecule has 0 heterocycles. The van der Waals surface area contributed by atoms with Gasteiger partial charge < -0.3 is 10.2 Å². The second-order valence-corrected chi connectivity index (χ2v) is 8.33. The lowest BCUT2D eigenvalue weighted by atomic mass is 9.95. The standard InChI is InChI=1S/C14H30N2O2S/c1-5-12(2)16(3)10-9-15-13-7-6-8-14(11-13)19(4,17)18/h12-15H,5-11H2,1-4H3. The van der Waals surface area contributed by atoms with Crippen LogP contribution in [0.2, 0.25) is 0 Å². The largest absolute Gasteiger partial charge is 0.313 e. The van der Waals surface area contributed by atoms with E-state index in [0.29, 0.717) is 12.1 Å². The molecule has 1 fully saturated rings. The predicted octanol–water partition coefficient (Wildman–Crippen LogP) is 1.66. The molecule has 19 heavy (non-hydrogen) atoms. The maximum atomic E-state index is 11.6. The topological polar surface area (TPSA) is 49.4 Å². The van der Waals surface area contributed by atoms with Crippen molar-refractivity contribution in [2.24, 2.45) is 0 Å². The van der Waals surface area contributed by atoms with Crippen LogP contribution in [-0.2, 0) is 9.84 Å². The first kappa shape index (κ1) is 16.9. The Labute approximate surface area is 118 Å². The molecule has 4 nitrogen and oxygen atoms in total. The Morgan fingerprint density at radius 3 is 2.63 bits per heavy atom. The average molecular weight is 290 g/mol. The van der Waals surface area contributed by atoms with Crippen LogP contribution in [0, 0.1) is 0 Å². The summed E-state index contributed by atoms with van der Waals surface area (Å²) >= 11 is 0. The zero-order valence-electron chi connectivity index (χ0n) is 12.9. The van der Waals surface area contributed by atoms with Crippen molar-refractivity contribution in [1.82, 2.24) is 10.2 Å². The molecule has 114 valence electrons. The third kappa shape index (κ3) is 5.79. The summed E-state index contributed by atoms with van der Waals surface area (Å²) in [6.45, 7) is 6.41. The molecule has 0 amide bonds. The summed E-state index contributed by atoms with van der Waals surface area (Å²) in [6.07, 6.45) is 6.29. The van der Waals surface area contributed by atoms with Crippen molar-refractivity contribution >= 4 is 9.84 Å². The molecule has 0 aromatic carbocycles. The summed E-state index contributed by atoms with van der Waals surface area (Å²) < 4.78 is 23.2. The van der Waals surface area contributed by atoms with Gasteiger partial charge in [-0.3, -0.25) is 0 Å². The fraction of sp³-hybridized carbons (Fsp3) is 1.00. The van der Waals surface area contributed by atoms with Crippen LogP contribution in [0.15, 0.2) is 0 Å². The molecule has 0 aliphatic heterocycles. The molecular formula is C14H30N2O2S. The first-order chi connectivity index (χ1) is 8.84. The number of nitrogens with zero attached hydrogens (tertiary/aromatic N) is 1. The molecule has 1 N–H and O–H groups in total. The SMILES string of the molecule is CCC(C)N(C)CCNC1CCCC(S(C)(=O)=O)C1. The van der Waals surface area contributed by atoms with Crippen LogP contribution >= 0.6 is 0 Å². The minimum absolute atomic E-state index is 0.133. The lowest BCUT2D eigenvalue weighted by Gasteiger charge is -2.30. The van der Waals surface area contributed by atoms with Crippen LogP contribution in [0.3, 0.4) is 0 Å². The third-order valence-corrected chi connectivity index (χ3v) is 6.11. The van der Waals surface area contributed by atoms with E-state index in [4.69, 9.17) is 0 Å². The summed E-state index contributed by atoms with van der Waals surface area (Å²) in [5, 5.41) is 3.39. The predicted molar refractivity (Wildman–Crippen MR) is 81.3 cm³/mol. The van der Waals surface area contributed by atoms with Gasteiger partial charge in [-0.1, -0.05) is 13.3 Å². The normalized spacial score (nSPS) is 26.6. The third-order valence-electron chi connectivity index (χ3n) is 4.47. The van der Waals surface area contributed by atoms with E-state index in [9.17, 15) is 8.42 Å². The van der Waals surface area contributed by atoms with Gasteiger partial charge in [-0.05, 0) is 39.7 Å². The number of nitrogens with one attached hydrogen (secondary N) is 1. The Bertz CT molecular complexity index is 356. The van der Waals surface area contributed by atoms with Crippen molar-refractivity contribution < 1.29 is 8.42 Å². The smallest absolute Gasteiger partial charge is 0.150 e. The highest BCUT2D eigenvalue weighted by molar-refractivity contribution is 7.91. The molecule has 3 atom stereocenters. The van der Waals surface area contributed by atoms with Crippen LogP contribution in [0.5, 0.6) is 0 Å². The zero-order valence-corrected chi connectivity index (χ0v) is 13.7. The Kier molecular flexibility index (Phi) is 6.77. The molecule has 0 radical (unpaired) electrons. The van der Waals surface area contributed by atoms with E-state index in [2.05, 4.69) is 31.1 Å². The van der Waals surface area contributed by atoms with Crippen molar-refractivity contribution in [3.8, 4) is 0 Å². The van der Waals surface area contributed by atoms with E-state index in [1.165, 1.54) is 6.26 Å². The molecule has 0 spiro atoms. The van der Waals surface area contributed by atoms with Gasteiger partial charge in [0.15, 0.2) is 0 Å². The minimum Gasteiger partial charge on any atom is -0.313 e. The van der Waals surface area contributed by atoms with Crippen LogP contribution in [-0.4, -0.2) is 57.0 Å². The monoisotopic (exact) mass is 290 g/mol. The van der Waals surface area contributed by atoms with Crippen molar-refractivity contribution in [2.45, 2.75) is 63.3 Å². The maximum absolute atomic E-state index is 11.6. The molecular weight excluding hydrogens is 260 g/mol. The Morgan fingerprint density at radius 2 is 2.05 bits per heavy atom. The quantitative estimate of drug-likeness (QED) is 0.775. The molecule has 0 saturated heterocycles. The molecule has 1 aliphatic rings. The van der Waals surface area contributed by atoms with Crippen molar-refractivity contribution in [3.05, 3.63) is 0 Å². The highest BCUT2D eigenvalue weighted by atomic mass is 32.2. The van der Waals surface area contributed by atoms with E-state index in [0.717, 1.165) is 45.2 Å². The highest BCUT2D eigenvalue weighted by Crippen LogP contribution is 2.23. The van der Waals surface area contributed by atoms with E-state index in [1.807, 2.05) is 0 Å². The van der Waals surface area contributed by atoms with Gasteiger partial charge in [0.05, 0.1) is 5.25 Å². The molecule has 3 unspecified atom stereocenters.